The van der Waals surface area contributed by atoms with E-state index in [1.165, 1.54) is 5.56 Å². The van der Waals surface area contributed by atoms with Gasteiger partial charge in [-0.2, -0.15) is 0 Å². The van der Waals surface area contributed by atoms with Crippen LogP contribution in [0.5, 0.6) is 0 Å². The number of piperazine rings is 1. The van der Waals surface area contributed by atoms with E-state index in [1.54, 1.807) is 0 Å². The van der Waals surface area contributed by atoms with Gasteiger partial charge in [-0.3, -0.25) is 15.0 Å². The molecule has 0 aliphatic carbocycles. The Hall–Kier alpha value is -1.79. The third-order valence-corrected chi connectivity index (χ3v) is 4.16. The number of rotatable bonds is 4. The van der Waals surface area contributed by atoms with E-state index in [1.807, 2.05) is 36.9 Å². The molecule has 1 fully saturated rings. The number of halogens is 1. The van der Waals surface area contributed by atoms with Gasteiger partial charge in [0.25, 0.3) is 0 Å². The highest BCUT2D eigenvalue weighted by Gasteiger charge is 2.21. The van der Waals surface area contributed by atoms with Crippen LogP contribution >= 0.6 is 11.6 Å². The number of carbonyl (C=O) groups is 2. The van der Waals surface area contributed by atoms with Crippen molar-refractivity contribution < 1.29 is 9.59 Å². The van der Waals surface area contributed by atoms with Crippen molar-refractivity contribution in [3.63, 3.8) is 0 Å². The minimum absolute atomic E-state index is 0.00211. The van der Waals surface area contributed by atoms with Gasteiger partial charge >= 0.3 is 6.03 Å². The molecule has 2 rings (SSSR count). The van der Waals surface area contributed by atoms with Gasteiger partial charge in [-0.1, -0.05) is 17.7 Å². The van der Waals surface area contributed by atoms with E-state index < -0.39 is 6.03 Å². The van der Waals surface area contributed by atoms with Crippen LogP contribution in [0.25, 0.3) is 0 Å². The van der Waals surface area contributed by atoms with Crippen molar-refractivity contribution in [3.05, 3.63) is 28.8 Å². The van der Waals surface area contributed by atoms with E-state index in [9.17, 15) is 9.59 Å². The van der Waals surface area contributed by atoms with Gasteiger partial charge in [0.2, 0.25) is 5.91 Å². The van der Waals surface area contributed by atoms with Gasteiger partial charge in [0.05, 0.1) is 6.54 Å². The Balaban J connectivity index is 1.81. The highest BCUT2D eigenvalue weighted by Crippen LogP contribution is 2.25. The van der Waals surface area contributed by atoms with E-state index in [-0.39, 0.29) is 18.5 Å². The van der Waals surface area contributed by atoms with Gasteiger partial charge in [-0.25, -0.2) is 4.79 Å². The maximum Gasteiger partial charge on any atom is 0.321 e. The fraction of sp³-hybridized carbons (Fsp3) is 0.529. The summed E-state index contributed by atoms with van der Waals surface area (Å²) in [5.41, 5.74) is 2.33. The zero-order chi connectivity index (χ0) is 17.7. The van der Waals surface area contributed by atoms with E-state index >= 15 is 0 Å². The summed E-state index contributed by atoms with van der Waals surface area (Å²) >= 11 is 6.09. The quantitative estimate of drug-likeness (QED) is 0.870. The van der Waals surface area contributed by atoms with Crippen LogP contribution in [-0.2, 0) is 4.79 Å². The molecule has 2 N–H and O–H groups in total. The van der Waals surface area contributed by atoms with Gasteiger partial charge in [0.15, 0.2) is 0 Å². The third-order valence-electron chi connectivity index (χ3n) is 3.92. The Kier molecular flexibility index (Phi) is 6.45. The molecule has 1 heterocycles. The number of benzene rings is 1. The molecule has 0 spiro atoms. The Morgan fingerprint density at radius 1 is 1.21 bits per heavy atom. The number of aryl methyl sites for hydroxylation is 1. The highest BCUT2D eigenvalue weighted by molar-refractivity contribution is 6.30. The molecule has 0 unspecified atom stereocenters. The van der Waals surface area contributed by atoms with Gasteiger partial charge in [0.1, 0.15) is 0 Å². The maximum absolute atomic E-state index is 11.9. The van der Waals surface area contributed by atoms with Crippen LogP contribution in [0.4, 0.5) is 10.5 Å². The monoisotopic (exact) mass is 352 g/mol. The average molecular weight is 353 g/mol. The summed E-state index contributed by atoms with van der Waals surface area (Å²) in [6, 6.07) is 5.45. The topological polar surface area (TPSA) is 64.7 Å². The lowest BCUT2D eigenvalue weighted by Crippen LogP contribution is -2.51. The van der Waals surface area contributed by atoms with Crippen molar-refractivity contribution in [3.8, 4) is 0 Å². The van der Waals surface area contributed by atoms with Crippen molar-refractivity contribution in [1.29, 1.82) is 0 Å². The lowest BCUT2D eigenvalue weighted by atomic mass is 10.1. The smallest absolute Gasteiger partial charge is 0.321 e. The number of nitrogens with one attached hydrogen (secondary N) is 2. The number of anilines is 1. The van der Waals surface area contributed by atoms with Crippen LogP contribution in [0, 0.1) is 6.92 Å². The molecule has 0 atom stereocenters. The van der Waals surface area contributed by atoms with Crippen LogP contribution < -0.4 is 15.5 Å². The maximum atomic E-state index is 11.9. The predicted octanol–water partition coefficient (Wildman–Crippen LogP) is 2.00. The summed E-state index contributed by atoms with van der Waals surface area (Å²) < 4.78 is 0. The number of amides is 3. The first-order chi connectivity index (χ1) is 11.3. The first kappa shape index (κ1) is 18.5. The van der Waals surface area contributed by atoms with Crippen LogP contribution in [0.1, 0.15) is 19.4 Å². The van der Waals surface area contributed by atoms with Crippen molar-refractivity contribution in [2.24, 2.45) is 0 Å². The molecule has 1 aromatic rings. The Labute approximate surface area is 148 Å². The molecule has 1 saturated heterocycles. The van der Waals surface area contributed by atoms with Crippen LogP contribution in [0.2, 0.25) is 5.02 Å². The summed E-state index contributed by atoms with van der Waals surface area (Å²) in [6.07, 6.45) is 0. The molecule has 1 aliphatic rings. The van der Waals surface area contributed by atoms with Crippen LogP contribution in [0.3, 0.4) is 0 Å². The summed E-state index contributed by atoms with van der Waals surface area (Å²) in [5, 5.41) is 5.73. The van der Waals surface area contributed by atoms with E-state index in [0.717, 1.165) is 36.9 Å². The van der Waals surface area contributed by atoms with Crippen molar-refractivity contribution in [1.82, 2.24) is 15.5 Å². The number of hydrogen-bond acceptors (Lipinski definition) is 4. The molecule has 0 bridgehead atoms. The second-order valence-corrected chi connectivity index (χ2v) is 6.81. The minimum Gasteiger partial charge on any atom is -0.369 e. The fourth-order valence-corrected chi connectivity index (χ4v) is 2.90. The number of nitrogens with zero attached hydrogens (tertiary/aromatic N) is 2. The largest absolute Gasteiger partial charge is 0.369 e. The number of carbonyl (C=O) groups excluding carboxylic acids is 2. The normalized spacial score (nSPS) is 15.5. The molecule has 7 heteroatoms. The standard InChI is InChI=1S/C17H25ClN4O2/c1-12(2)19-17(24)20-16(23)11-21-6-8-22(9-7-21)15-10-14(18)5-4-13(15)3/h4-5,10,12H,6-9,11H2,1-3H3,(H2,19,20,23,24). The highest BCUT2D eigenvalue weighted by atomic mass is 35.5. The minimum atomic E-state index is -0.441. The first-order valence-corrected chi connectivity index (χ1v) is 8.56. The third kappa shape index (κ3) is 5.39. The number of imide groups is 1. The fourth-order valence-electron chi connectivity index (χ4n) is 2.74. The zero-order valence-corrected chi connectivity index (χ0v) is 15.2. The summed E-state index contributed by atoms with van der Waals surface area (Å²) in [6.45, 7) is 9.19. The van der Waals surface area contributed by atoms with E-state index in [0.29, 0.717) is 0 Å². The van der Waals surface area contributed by atoms with Gasteiger partial charge < -0.3 is 10.2 Å². The second-order valence-electron chi connectivity index (χ2n) is 6.37. The zero-order valence-electron chi connectivity index (χ0n) is 14.4. The van der Waals surface area contributed by atoms with Crippen LogP contribution in [-0.4, -0.2) is 55.6 Å². The molecular formula is C17H25ClN4O2. The van der Waals surface area contributed by atoms with Gasteiger partial charge in [-0.15, -0.1) is 0 Å². The molecule has 132 valence electrons. The second kappa shape index (κ2) is 8.35. The van der Waals surface area contributed by atoms with Crippen LogP contribution in [0.15, 0.2) is 18.2 Å². The van der Waals surface area contributed by atoms with E-state index in [4.69, 9.17) is 11.6 Å². The molecule has 0 saturated carbocycles. The molecular weight excluding hydrogens is 328 g/mol. The first-order valence-electron chi connectivity index (χ1n) is 8.19. The number of hydrogen-bond donors (Lipinski definition) is 2. The van der Waals surface area contributed by atoms with Crippen molar-refractivity contribution in [2.75, 3.05) is 37.6 Å². The molecule has 0 aromatic heterocycles. The molecule has 3 amide bonds. The molecule has 0 radical (unpaired) electrons. The Morgan fingerprint density at radius 2 is 1.88 bits per heavy atom. The van der Waals surface area contributed by atoms with Gasteiger partial charge in [-0.05, 0) is 38.5 Å². The Bertz CT molecular complexity index is 598. The summed E-state index contributed by atoms with van der Waals surface area (Å²) in [4.78, 5) is 27.8. The van der Waals surface area contributed by atoms with Crippen molar-refractivity contribution in [2.45, 2.75) is 26.8 Å². The Morgan fingerprint density at radius 3 is 2.50 bits per heavy atom. The van der Waals surface area contributed by atoms with Gasteiger partial charge in [0, 0.05) is 42.9 Å². The van der Waals surface area contributed by atoms with E-state index in [2.05, 4.69) is 22.5 Å². The summed E-state index contributed by atoms with van der Waals surface area (Å²) in [5.74, 6) is -0.277. The number of urea groups is 1. The average Bonchev–Trinajstić information content (AvgIpc) is 2.49. The lowest BCUT2D eigenvalue weighted by molar-refractivity contribution is -0.121. The van der Waals surface area contributed by atoms with Crippen molar-refractivity contribution >= 4 is 29.2 Å². The molecule has 6 nitrogen and oxygen atoms in total. The lowest BCUT2D eigenvalue weighted by Gasteiger charge is -2.36. The predicted molar refractivity (Wildman–Crippen MR) is 96.7 cm³/mol. The SMILES string of the molecule is Cc1ccc(Cl)cc1N1CCN(CC(=O)NC(=O)NC(C)C)CC1. The summed E-state index contributed by atoms with van der Waals surface area (Å²) in [7, 11) is 0. The molecule has 1 aliphatic heterocycles. The molecule has 24 heavy (non-hydrogen) atoms. The molecule has 1 aromatic carbocycles.